The number of nitrogens with zero attached hydrogens (tertiary/aromatic N) is 1. The number of oxazole rings is 1. The van der Waals surface area contributed by atoms with Crippen molar-refractivity contribution in [3.63, 3.8) is 0 Å². The number of hydrogen-bond acceptors (Lipinski definition) is 2. The monoisotopic (exact) mass is 315 g/mol. The summed E-state index contributed by atoms with van der Waals surface area (Å²) in [7, 11) is 0. The van der Waals surface area contributed by atoms with Crippen LogP contribution >= 0.6 is 0 Å². The lowest BCUT2D eigenvalue weighted by Crippen LogP contribution is -2.05. The maximum atomic E-state index is 13.2. The minimum Gasteiger partial charge on any atom is -0.431 e. The average molecular weight is 315 g/mol. The van der Waals surface area contributed by atoms with Crippen LogP contribution in [-0.2, 0) is 6.18 Å². The van der Waals surface area contributed by atoms with Crippen molar-refractivity contribution in [3.05, 3.63) is 72.5 Å². The fourth-order valence-corrected chi connectivity index (χ4v) is 2.19. The molecule has 0 unspecified atom stereocenters. The number of rotatable bonds is 3. The molecule has 0 atom stereocenters. The smallest absolute Gasteiger partial charge is 0.431 e. The summed E-state index contributed by atoms with van der Waals surface area (Å²) >= 11 is 0. The second kappa shape index (κ2) is 5.76. The number of benzene rings is 2. The van der Waals surface area contributed by atoms with Gasteiger partial charge in [-0.05, 0) is 17.7 Å². The van der Waals surface area contributed by atoms with Crippen LogP contribution in [-0.4, -0.2) is 4.98 Å². The molecule has 0 saturated carbocycles. The summed E-state index contributed by atoms with van der Waals surface area (Å²) in [5.41, 5.74) is 1.49. The van der Waals surface area contributed by atoms with Crippen LogP contribution in [0.15, 0.2) is 65.6 Å². The Morgan fingerprint density at radius 1 is 0.913 bits per heavy atom. The molecule has 0 saturated heterocycles. The van der Waals surface area contributed by atoms with E-state index in [4.69, 9.17) is 4.42 Å². The van der Waals surface area contributed by atoms with Gasteiger partial charge in [0.05, 0.1) is 0 Å². The van der Waals surface area contributed by atoms with E-state index in [2.05, 4.69) is 11.6 Å². The number of halogens is 3. The molecule has 0 radical (unpaired) electrons. The average Bonchev–Trinajstić information content (AvgIpc) is 3.01. The minimum atomic E-state index is -4.61. The maximum absolute atomic E-state index is 13.2. The topological polar surface area (TPSA) is 26.0 Å². The van der Waals surface area contributed by atoms with Crippen LogP contribution in [0.3, 0.4) is 0 Å². The summed E-state index contributed by atoms with van der Waals surface area (Å²) in [6.45, 7) is 3.64. The Kier molecular flexibility index (Phi) is 3.78. The molecule has 116 valence electrons. The lowest BCUT2D eigenvalue weighted by molar-refractivity contribution is -0.152. The van der Waals surface area contributed by atoms with Crippen LogP contribution in [0.1, 0.15) is 11.3 Å². The summed E-state index contributed by atoms with van der Waals surface area (Å²) < 4.78 is 44.7. The quantitative estimate of drug-likeness (QED) is 0.622. The highest BCUT2D eigenvalue weighted by molar-refractivity contribution is 5.66. The van der Waals surface area contributed by atoms with Crippen LogP contribution in [0, 0.1) is 0 Å². The van der Waals surface area contributed by atoms with Gasteiger partial charge in [-0.1, -0.05) is 55.1 Å². The molecule has 0 bridgehead atoms. The van der Waals surface area contributed by atoms with E-state index in [-0.39, 0.29) is 11.6 Å². The largest absolute Gasteiger partial charge is 0.451 e. The molecule has 0 aliphatic rings. The van der Waals surface area contributed by atoms with Crippen LogP contribution < -0.4 is 0 Å². The van der Waals surface area contributed by atoms with Gasteiger partial charge in [-0.15, -0.1) is 0 Å². The van der Waals surface area contributed by atoms with E-state index in [9.17, 15) is 13.2 Å². The SMILES string of the molecule is C=Cc1ccc(-c2nc(-c3ccccc3)c(C(F)(F)F)o2)cc1. The van der Waals surface area contributed by atoms with E-state index in [1.165, 1.54) is 0 Å². The van der Waals surface area contributed by atoms with E-state index in [1.807, 2.05) is 0 Å². The standard InChI is InChI=1S/C18H12F3NO/c1-2-12-8-10-14(11-9-12)17-22-15(13-6-4-3-5-7-13)16(23-17)18(19,20)21/h2-11H,1H2. The van der Waals surface area contributed by atoms with Gasteiger partial charge in [-0.2, -0.15) is 13.2 Å². The van der Waals surface area contributed by atoms with Crippen molar-refractivity contribution in [1.29, 1.82) is 0 Å². The van der Waals surface area contributed by atoms with Crippen molar-refractivity contribution in [3.8, 4) is 22.7 Å². The minimum absolute atomic E-state index is 0.0632. The van der Waals surface area contributed by atoms with Gasteiger partial charge in [0.2, 0.25) is 11.7 Å². The lowest BCUT2D eigenvalue weighted by atomic mass is 10.1. The molecule has 0 spiro atoms. The van der Waals surface area contributed by atoms with Gasteiger partial charge >= 0.3 is 6.18 Å². The van der Waals surface area contributed by atoms with E-state index in [0.717, 1.165) is 5.56 Å². The number of alkyl halides is 3. The van der Waals surface area contributed by atoms with E-state index >= 15 is 0 Å². The first-order valence-electron chi connectivity index (χ1n) is 6.85. The molecule has 0 aliphatic heterocycles. The van der Waals surface area contributed by atoms with Crippen molar-refractivity contribution in [2.45, 2.75) is 6.18 Å². The first-order chi connectivity index (χ1) is 11.0. The zero-order valence-corrected chi connectivity index (χ0v) is 12.0. The third-order valence-corrected chi connectivity index (χ3v) is 3.33. The molecule has 0 aliphatic carbocycles. The van der Waals surface area contributed by atoms with Crippen molar-refractivity contribution in [2.75, 3.05) is 0 Å². The zero-order chi connectivity index (χ0) is 16.4. The molecule has 0 amide bonds. The van der Waals surface area contributed by atoms with E-state index in [1.54, 1.807) is 60.7 Å². The molecular formula is C18H12F3NO. The molecule has 23 heavy (non-hydrogen) atoms. The van der Waals surface area contributed by atoms with Gasteiger partial charge in [0.15, 0.2) is 0 Å². The summed E-state index contributed by atoms with van der Waals surface area (Å²) in [4.78, 5) is 4.06. The molecular weight excluding hydrogens is 303 g/mol. The maximum Gasteiger partial charge on any atom is 0.451 e. The fraction of sp³-hybridized carbons (Fsp3) is 0.0556. The number of aromatic nitrogens is 1. The second-order valence-corrected chi connectivity index (χ2v) is 4.89. The van der Waals surface area contributed by atoms with Crippen molar-refractivity contribution in [1.82, 2.24) is 4.98 Å². The first-order valence-corrected chi connectivity index (χ1v) is 6.85. The Labute approximate surface area is 130 Å². The van der Waals surface area contributed by atoms with Crippen LogP contribution in [0.4, 0.5) is 13.2 Å². The summed E-state index contributed by atoms with van der Waals surface area (Å²) in [6.07, 6.45) is -2.96. The van der Waals surface area contributed by atoms with Gasteiger partial charge in [-0.3, -0.25) is 0 Å². The molecule has 2 nitrogen and oxygen atoms in total. The molecule has 3 aromatic rings. The van der Waals surface area contributed by atoms with E-state index < -0.39 is 11.9 Å². The van der Waals surface area contributed by atoms with Crippen LogP contribution in [0.5, 0.6) is 0 Å². The van der Waals surface area contributed by atoms with Gasteiger partial charge in [0.1, 0.15) is 5.69 Å². The molecule has 0 fully saturated rings. The highest BCUT2D eigenvalue weighted by atomic mass is 19.4. The normalized spacial score (nSPS) is 11.4. The zero-order valence-electron chi connectivity index (χ0n) is 12.0. The van der Waals surface area contributed by atoms with Crippen LogP contribution in [0.25, 0.3) is 28.8 Å². The molecule has 0 N–H and O–H groups in total. The van der Waals surface area contributed by atoms with Gasteiger partial charge in [0, 0.05) is 11.1 Å². The lowest BCUT2D eigenvalue weighted by Gasteiger charge is -2.04. The summed E-state index contributed by atoms with van der Waals surface area (Å²) in [5, 5.41) is 0. The number of hydrogen-bond donors (Lipinski definition) is 0. The van der Waals surface area contributed by atoms with E-state index in [0.29, 0.717) is 11.1 Å². The Balaban J connectivity index is 2.13. The second-order valence-electron chi connectivity index (χ2n) is 4.89. The Hall–Kier alpha value is -2.82. The van der Waals surface area contributed by atoms with Crippen LogP contribution in [0.2, 0.25) is 0 Å². The molecule has 5 heteroatoms. The highest BCUT2D eigenvalue weighted by Gasteiger charge is 2.40. The summed E-state index contributed by atoms with van der Waals surface area (Å²) in [6, 6.07) is 15.0. The fourth-order valence-electron chi connectivity index (χ4n) is 2.19. The molecule has 1 aromatic heterocycles. The predicted molar refractivity (Wildman–Crippen MR) is 82.5 cm³/mol. The molecule has 3 rings (SSSR count). The Bertz CT molecular complexity index is 818. The Morgan fingerprint density at radius 3 is 2.13 bits per heavy atom. The highest BCUT2D eigenvalue weighted by Crippen LogP contribution is 2.39. The molecule has 1 heterocycles. The van der Waals surface area contributed by atoms with Gasteiger partial charge < -0.3 is 4.42 Å². The summed E-state index contributed by atoms with van der Waals surface area (Å²) in [5.74, 6) is -1.15. The third kappa shape index (κ3) is 3.04. The van der Waals surface area contributed by atoms with Gasteiger partial charge in [-0.25, -0.2) is 4.98 Å². The van der Waals surface area contributed by atoms with Crippen molar-refractivity contribution >= 4 is 6.08 Å². The van der Waals surface area contributed by atoms with Crippen molar-refractivity contribution in [2.24, 2.45) is 0 Å². The Morgan fingerprint density at radius 2 is 1.57 bits per heavy atom. The van der Waals surface area contributed by atoms with Gasteiger partial charge in [0.25, 0.3) is 0 Å². The van der Waals surface area contributed by atoms with Crippen molar-refractivity contribution < 1.29 is 17.6 Å². The first kappa shape index (κ1) is 15.1. The third-order valence-electron chi connectivity index (χ3n) is 3.33. The molecule has 2 aromatic carbocycles. The predicted octanol–water partition coefficient (Wildman–Crippen LogP) is 5.67.